The molecule has 0 fully saturated rings. The van der Waals surface area contributed by atoms with Gasteiger partial charge in [0.05, 0.1) is 0 Å². The second kappa shape index (κ2) is 7.70. The first-order valence-electron chi connectivity index (χ1n) is 6.58. The summed E-state index contributed by atoms with van der Waals surface area (Å²) in [5.74, 6) is 6.58. The molecule has 20 heavy (non-hydrogen) atoms. The Bertz CT molecular complexity index is 560. The average molecular weight is 307 g/mol. The van der Waals surface area contributed by atoms with Crippen LogP contribution in [0, 0.1) is 6.92 Å². The zero-order chi connectivity index (χ0) is 14.4. The van der Waals surface area contributed by atoms with Crippen molar-refractivity contribution in [3.05, 3.63) is 64.7 Å². The lowest BCUT2D eigenvalue weighted by Gasteiger charge is -2.17. The molecule has 0 saturated heterocycles. The molecule has 4 heteroatoms. The average Bonchev–Trinajstić information content (AvgIpc) is 2.45. The predicted octanol–water partition coefficient (Wildman–Crippen LogP) is 3.82. The third kappa shape index (κ3) is 4.53. The number of halogens is 1. The van der Waals surface area contributed by atoms with E-state index in [1.54, 1.807) is 11.8 Å². The van der Waals surface area contributed by atoms with Crippen molar-refractivity contribution in [3.63, 3.8) is 0 Å². The predicted molar refractivity (Wildman–Crippen MR) is 88.2 cm³/mol. The maximum absolute atomic E-state index is 5.99. The molecule has 0 aliphatic rings. The quantitative estimate of drug-likeness (QED) is 0.484. The van der Waals surface area contributed by atoms with Gasteiger partial charge >= 0.3 is 0 Å². The summed E-state index contributed by atoms with van der Waals surface area (Å²) in [5, 5.41) is 0.770. The maximum Gasteiger partial charge on any atom is 0.0417 e. The topological polar surface area (TPSA) is 38.0 Å². The Morgan fingerprint density at radius 3 is 2.70 bits per heavy atom. The minimum Gasteiger partial charge on any atom is -0.271 e. The van der Waals surface area contributed by atoms with E-state index in [9.17, 15) is 0 Å². The summed E-state index contributed by atoms with van der Waals surface area (Å²) >= 11 is 7.76. The fourth-order valence-electron chi connectivity index (χ4n) is 2.02. The van der Waals surface area contributed by atoms with E-state index in [0.29, 0.717) is 0 Å². The van der Waals surface area contributed by atoms with Gasteiger partial charge < -0.3 is 0 Å². The third-order valence-corrected chi connectivity index (χ3v) is 4.60. The van der Waals surface area contributed by atoms with Gasteiger partial charge in [0.2, 0.25) is 0 Å². The molecule has 0 aromatic heterocycles. The minimum atomic E-state index is 0.236. The molecular formula is C16H19ClN2S. The van der Waals surface area contributed by atoms with Gasteiger partial charge in [-0.3, -0.25) is 11.3 Å². The molecule has 2 aromatic carbocycles. The standard InChI is InChI=1S/C16H19ClN2S/c1-12-5-2-3-6-13(12)9-15(19-18)11-20-16-8-4-7-14(17)10-16/h2-8,10,15,19H,9,11,18H2,1H3. The van der Waals surface area contributed by atoms with Gasteiger partial charge in [-0.25, -0.2) is 0 Å². The summed E-state index contributed by atoms with van der Waals surface area (Å²) in [7, 11) is 0. The molecule has 2 nitrogen and oxygen atoms in total. The van der Waals surface area contributed by atoms with Gasteiger partial charge in [0.15, 0.2) is 0 Å². The summed E-state index contributed by atoms with van der Waals surface area (Å²) < 4.78 is 0. The first-order valence-corrected chi connectivity index (χ1v) is 7.94. The largest absolute Gasteiger partial charge is 0.271 e. The molecule has 3 N–H and O–H groups in total. The van der Waals surface area contributed by atoms with Crippen LogP contribution in [0.15, 0.2) is 53.4 Å². The van der Waals surface area contributed by atoms with E-state index in [1.807, 2.05) is 18.2 Å². The highest BCUT2D eigenvalue weighted by molar-refractivity contribution is 7.99. The fourth-order valence-corrected chi connectivity index (χ4v) is 3.27. The lowest BCUT2D eigenvalue weighted by Crippen LogP contribution is -2.38. The zero-order valence-electron chi connectivity index (χ0n) is 11.5. The molecule has 0 amide bonds. The fraction of sp³-hybridized carbons (Fsp3) is 0.250. The van der Waals surface area contributed by atoms with Gasteiger partial charge in [0, 0.05) is 21.7 Å². The lowest BCUT2D eigenvalue weighted by atomic mass is 10.0. The molecule has 0 radical (unpaired) electrons. The van der Waals surface area contributed by atoms with Crippen LogP contribution in [0.5, 0.6) is 0 Å². The zero-order valence-corrected chi connectivity index (χ0v) is 13.0. The molecule has 0 spiro atoms. The normalized spacial score (nSPS) is 12.3. The van der Waals surface area contributed by atoms with Crippen LogP contribution in [-0.2, 0) is 6.42 Å². The first kappa shape index (κ1) is 15.4. The lowest BCUT2D eigenvalue weighted by molar-refractivity contribution is 0.574. The maximum atomic E-state index is 5.99. The number of nitrogens with two attached hydrogens (primary N) is 1. The monoisotopic (exact) mass is 306 g/mol. The molecule has 2 aromatic rings. The van der Waals surface area contributed by atoms with E-state index < -0.39 is 0 Å². The van der Waals surface area contributed by atoms with Crippen molar-refractivity contribution in [3.8, 4) is 0 Å². The molecule has 2 rings (SSSR count). The highest BCUT2D eigenvalue weighted by Crippen LogP contribution is 2.23. The van der Waals surface area contributed by atoms with E-state index in [-0.39, 0.29) is 6.04 Å². The van der Waals surface area contributed by atoms with E-state index in [2.05, 4.69) is 42.7 Å². The molecule has 0 saturated carbocycles. The summed E-state index contributed by atoms with van der Waals surface area (Å²) in [6.07, 6.45) is 0.927. The number of thioether (sulfide) groups is 1. The number of hydrogen-bond acceptors (Lipinski definition) is 3. The summed E-state index contributed by atoms with van der Waals surface area (Å²) in [6, 6.07) is 16.6. The van der Waals surface area contributed by atoms with Gasteiger partial charge in [-0.05, 0) is 42.7 Å². The van der Waals surface area contributed by atoms with Crippen LogP contribution in [0.4, 0.5) is 0 Å². The van der Waals surface area contributed by atoms with Crippen LogP contribution >= 0.6 is 23.4 Å². The SMILES string of the molecule is Cc1ccccc1CC(CSc1cccc(Cl)c1)NN. The number of rotatable bonds is 6. The Kier molecular flexibility index (Phi) is 5.92. The van der Waals surface area contributed by atoms with Crippen molar-refractivity contribution in [1.82, 2.24) is 5.43 Å². The van der Waals surface area contributed by atoms with E-state index >= 15 is 0 Å². The van der Waals surface area contributed by atoms with Gasteiger partial charge in [-0.2, -0.15) is 0 Å². The van der Waals surface area contributed by atoms with Crippen molar-refractivity contribution in [1.29, 1.82) is 0 Å². The molecule has 0 bridgehead atoms. The van der Waals surface area contributed by atoms with E-state index in [4.69, 9.17) is 17.4 Å². The molecule has 0 heterocycles. The second-order valence-corrected chi connectivity index (χ2v) is 6.29. The van der Waals surface area contributed by atoms with Crippen LogP contribution in [0.25, 0.3) is 0 Å². The molecule has 0 aliphatic carbocycles. The number of hydrazine groups is 1. The van der Waals surface area contributed by atoms with Crippen molar-refractivity contribution in [2.75, 3.05) is 5.75 Å². The highest BCUT2D eigenvalue weighted by Gasteiger charge is 2.10. The summed E-state index contributed by atoms with van der Waals surface area (Å²) in [4.78, 5) is 1.17. The Hall–Kier alpha value is -1.00. The van der Waals surface area contributed by atoms with Crippen molar-refractivity contribution >= 4 is 23.4 Å². The van der Waals surface area contributed by atoms with Gasteiger partial charge in [-0.1, -0.05) is 41.9 Å². The Labute approximate surface area is 129 Å². The highest BCUT2D eigenvalue weighted by atomic mass is 35.5. The Morgan fingerprint density at radius 1 is 1.20 bits per heavy atom. The van der Waals surface area contributed by atoms with Crippen LogP contribution in [0.3, 0.4) is 0 Å². The third-order valence-electron chi connectivity index (χ3n) is 3.21. The van der Waals surface area contributed by atoms with Gasteiger partial charge in [0.1, 0.15) is 0 Å². The molecule has 1 unspecified atom stereocenters. The molecule has 106 valence electrons. The van der Waals surface area contributed by atoms with Crippen LogP contribution < -0.4 is 11.3 Å². The van der Waals surface area contributed by atoms with Crippen molar-refractivity contribution < 1.29 is 0 Å². The number of nitrogens with one attached hydrogen (secondary N) is 1. The molecule has 0 aliphatic heterocycles. The van der Waals surface area contributed by atoms with Gasteiger partial charge in [0.25, 0.3) is 0 Å². The Balaban J connectivity index is 1.94. The number of hydrogen-bond donors (Lipinski definition) is 2. The first-order chi connectivity index (χ1) is 9.69. The Morgan fingerprint density at radius 2 is 2.00 bits per heavy atom. The smallest absolute Gasteiger partial charge is 0.0417 e. The summed E-state index contributed by atoms with van der Waals surface area (Å²) in [6.45, 7) is 2.13. The van der Waals surface area contributed by atoms with Crippen molar-refractivity contribution in [2.45, 2.75) is 24.3 Å². The van der Waals surface area contributed by atoms with Crippen LogP contribution in [0.1, 0.15) is 11.1 Å². The molecular weight excluding hydrogens is 288 g/mol. The van der Waals surface area contributed by atoms with Crippen molar-refractivity contribution in [2.24, 2.45) is 5.84 Å². The van der Waals surface area contributed by atoms with Crippen LogP contribution in [0.2, 0.25) is 5.02 Å². The minimum absolute atomic E-state index is 0.236. The van der Waals surface area contributed by atoms with Gasteiger partial charge in [-0.15, -0.1) is 11.8 Å². The molecule has 1 atom stereocenters. The number of benzene rings is 2. The second-order valence-electron chi connectivity index (χ2n) is 4.76. The summed E-state index contributed by atoms with van der Waals surface area (Å²) in [5.41, 5.74) is 5.55. The van der Waals surface area contributed by atoms with E-state index in [0.717, 1.165) is 17.2 Å². The van der Waals surface area contributed by atoms with E-state index in [1.165, 1.54) is 16.0 Å². The number of aryl methyl sites for hydroxylation is 1. The van der Waals surface area contributed by atoms with Crippen LogP contribution in [-0.4, -0.2) is 11.8 Å².